The van der Waals surface area contributed by atoms with Crippen LogP contribution in [0.15, 0.2) is 46.4 Å². The highest BCUT2D eigenvalue weighted by Gasteiger charge is 2.24. The van der Waals surface area contributed by atoms with E-state index in [1.54, 1.807) is 12.1 Å². The van der Waals surface area contributed by atoms with Gasteiger partial charge in [0.25, 0.3) is 5.69 Å². The number of hydrazone groups is 1. The second kappa shape index (κ2) is 8.00. The first-order chi connectivity index (χ1) is 12.1. The van der Waals surface area contributed by atoms with Gasteiger partial charge in [-0.25, -0.2) is 12.7 Å². The first-order valence-electron chi connectivity index (χ1n) is 7.08. The number of rotatable bonds is 6. The largest absolute Gasteiger partial charge is 0.277 e. The van der Waals surface area contributed by atoms with E-state index in [4.69, 9.17) is 23.2 Å². The van der Waals surface area contributed by atoms with Crippen LogP contribution in [0.5, 0.6) is 0 Å². The van der Waals surface area contributed by atoms with Crippen LogP contribution in [0.25, 0.3) is 0 Å². The molecule has 0 atom stereocenters. The molecule has 0 aliphatic heterocycles. The van der Waals surface area contributed by atoms with Crippen molar-refractivity contribution in [3.8, 4) is 0 Å². The molecule has 0 aliphatic rings. The maximum absolute atomic E-state index is 12.4. The van der Waals surface area contributed by atoms with Crippen LogP contribution < -0.4 is 5.43 Å². The average Bonchev–Trinajstić information content (AvgIpc) is 2.56. The van der Waals surface area contributed by atoms with Crippen molar-refractivity contribution < 1.29 is 13.3 Å². The zero-order valence-corrected chi connectivity index (χ0v) is 16.0. The van der Waals surface area contributed by atoms with Crippen molar-refractivity contribution in [2.45, 2.75) is 4.90 Å². The molecule has 2 rings (SSSR count). The van der Waals surface area contributed by atoms with Gasteiger partial charge in [-0.1, -0.05) is 29.3 Å². The minimum atomic E-state index is -3.92. The van der Waals surface area contributed by atoms with E-state index < -0.39 is 14.9 Å². The minimum Gasteiger partial charge on any atom is -0.277 e. The van der Waals surface area contributed by atoms with Crippen molar-refractivity contribution in [3.05, 3.63) is 62.1 Å². The summed E-state index contributed by atoms with van der Waals surface area (Å²) in [7, 11) is -1.27. The van der Waals surface area contributed by atoms with Gasteiger partial charge in [-0.15, -0.1) is 0 Å². The summed E-state index contributed by atoms with van der Waals surface area (Å²) < 4.78 is 25.8. The summed E-state index contributed by atoms with van der Waals surface area (Å²) in [6.07, 6.45) is 1.38. The molecule has 0 unspecified atom stereocenters. The van der Waals surface area contributed by atoms with E-state index in [1.165, 1.54) is 38.5 Å². The normalized spacial score (nSPS) is 11.9. The Morgan fingerprint density at radius 1 is 1.19 bits per heavy atom. The molecule has 1 N–H and O–H groups in total. The molecular weight excluding hydrogens is 403 g/mol. The number of nitro groups is 1. The van der Waals surface area contributed by atoms with Crippen molar-refractivity contribution in [2.24, 2.45) is 5.10 Å². The van der Waals surface area contributed by atoms with Crippen LogP contribution in [-0.2, 0) is 10.0 Å². The highest BCUT2D eigenvalue weighted by Crippen LogP contribution is 2.28. The van der Waals surface area contributed by atoms with Crippen LogP contribution in [-0.4, -0.2) is 38.0 Å². The topological polar surface area (TPSA) is 105 Å². The van der Waals surface area contributed by atoms with Gasteiger partial charge in [0, 0.05) is 36.8 Å². The van der Waals surface area contributed by atoms with Crippen LogP contribution in [0.4, 0.5) is 11.4 Å². The molecule has 138 valence electrons. The Balaban J connectivity index is 2.39. The van der Waals surface area contributed by atoms with Gasteiger partial charge < -0.3 is 0 Å². The number of halogens is 2. The number of non-ortho nitro benzene ring substituents is 1. The van der Waals surface area contributed by atoms with E-state index in [0.717, 1.165) is 10.4 Å². The van der Waals surface area contributed by atoms with Crippen LogP contribution in [0, 0.1) is 10.1 Å². The SMILES string of the molecule is CN(C)S(=O)(=O)c1cc([N+](=O)[O-])ccc1N/N=C/c1ccc(Cl)cc1Cl. The molecular formula is C15H14Cl2N4O4S. The quantitative estimate of drug-likeness (QED) is 0.439. The van der Waals surface area contributed by atoms with Gasteiger partial charge in [0.15, 0.2) is 0 Å². The lowest BCUT2D eigenvalue weighted by molar-refractivity contribution is -0.385. The molecule has 0 aliphatic carbocycles. The first-order valence-corrected chi connectivity index (χ1v) is 9.27. The van der Waals surface area contributed by atoms with Gasteiger partial charge in [0.2, 0.25) is 10.0 Å². The Kier molecular flexibility index (Phi) is 6.19. The zero-order valence-electron chi connectivity index (χ0n) is 13.7. The summed E-state index contributed by atoms with van der Waals surface area (Å²) in [5, 5.41) is 15.7. The summed E-state index contributed by atoms with van der Waals surface area (Å²) >= 11 is 11.8. The Morgan fingerprint density at radius 2 is 1.88 bits per heavy atom. The summed E-state index contributed by atoms with van der Waals surface area (Å²) in [5.74, 6) is 0. The van der Waals surface area contributed by atoms with Crippen molar-refractivity contribution >= 4 is 50.8 Å². The van der Waals surface area contributed by atoms with E-state index in [2.05, 4.69) is 10.5 Å². The first kappa shape index (κ1) is 20.1. The lowest BCUT2D eigenvalue weighted by Crippen LogP contribution is -2.23. The number of hydrogen-bond acceptors (Lipinski definition) is 6. The highest BCUT2D eigenvalue weighted by atomic mass is 35.5. The lowest BCUT2D eigenvalue weighted by atomic mass is 10.2. The molecule has 8 nitrogen and oxygen atoms in total. The number of anilines is 1. The Labute approximate surface area is 160 Å². The maximum Gasteiger partial charge on any atom is 0.270 e. The molecule has 2 aromatic carbocycles. The second-order valence-corrected chi connectivity index (χ2v) is 8.22. The third kappa shape index (κ3) is 4.50. The fraction of sp³-hybridized carbons (Fsp3) is 0.133. The Hall–Kier alpha value is -2.20. The fourth-order valence-electron chi connectivity index (χ4n) is 1.90. The number of nitrogens with zero attached hydrogens (tertiary/aromatic N) is 3. The summed E-state index contributed by atoms with van der Waals surface area (Å²) in [5.41, 5.74) is 2.88. The number of benzene rings is 2. The Bertz CT molecular complexity index is 978. The van der Waals surface area contributed by atoms with E-state index in [9.17, 15) is 18.5 Å². The third-order valence-corrected chi connectivity index (χ3v) is 5.70. The molecule has 2 aromatic rings. The van der Waals surface area contributed by atoms with Crippen molar-refractivity contribution in [3.63, 3.8) is 0 Å². The van der Waals surface area contributed by atoms with Crippen LogP contribution in [0.3, 0.4) is 0 Å². The van der Waals surface area contributed by atoms with Gasteiger partial charge in [-0.05, 0) is 18.2 Å². The van der Waals surface area contributed by atoms with E-state index in [0.29, 0.717) is 15.6 Å². The standard InChI is InChI=1S/C15H14Cl2N4O4S/c1-20(2)26(24,25)15-8-12(21(22)23)5-6-14(15)19-18-9-10-3-4-11(16)7-13(10)17/h3-9,19H,1-2H3/b18-9+. The molecule has 26 heavy (non-hydrogen) atoms. The van der Waals surface area contributed by atoms with Gasteiger partial charge >= 0.3 is 0 Å². The predicted molar refractivity (Wildman–Crippen MR) is 102 cm³/mol. The predicted octanol–water partition coefficient (Wildman–Crippen LogP) is 3.60. The number of nitro benzene ring substituents is 1. The maximum atomic E-state index is 12.4. The van der Waals surface area contributed by atoms with E-state index >= 15 is 0 Å². The molecule has 0 radical (unpaired) electrons. The Morgan fingerprint density at radius 3 is 2.46 bits per heavy atom. The fourth-order valence-corrected chi connectivity index (χ4v) is 3.42. The van der Waals surface area contributed by atoms with Crippen LogP contribution in [0.1, 0.15) is 5.56 Å². The second-order valence-electron chi connectivity index (χ2n) is 5.26. The minimum absolute atomic E-state index is 0.0886. The van der Waals surface area contributed by atoms with Crippen molar-refractivity contribution in [1.29, 1.82) is 0 Å². The number of hydrogen-bond donors (Lipinski definition) is 1. The van der Waals surface area contributed by atoms with Gasteiger partial charge in [-0.3, -0.25) is 15.5 Å². The average molecular weight is 417 g/mol. The van der Waals surface area contributed by atoms with Crippen LogP contribution >= 0.6 is 23.2 Å². The number of sulfonamides is 1. The molecule has 0 amide bonds. The molecule has 0 heterocycles. The van der Waals surface area contributed by atoms with Gasteiger partial charge in [0.1, 0.15) is 4.90 Å². The summed E-state index contributed by atoms with van der Waals surface area (Å²) in [6, 6.07) is 8.24. The molecule has 0 bridgehead atoms. The smallest absolute Gasteiger partial charge is 0.270 e. The summed E-state index contributed by atoms with van der Waals surface area (Å²) in [6.45, 7) is 0. The molecule has 0 spiro atoms. The third-order valence-electron chi connectivity index (χ3n) is 3.29. The van der Waals surface area contributed by atoms with Crippen molar-refractivity contribution in [2.75, 3.05) is 19.5 Å². The summed E-state index contributed by atoms with van der Waals surface area (Å²) in [4.78, 5) is 10.0. The lowest BCUT2D eigenvalue weighted by Gasteiger charge is -2.14. The monoisotopic (exact) mass is 416 g/mol. The molecule has 0 saturated heterocycles. The van der Waals surface area contributed by atoms with Crippen LogP contribution in [0.2, 0.25) is 10.0 Å². The van der Waals surface area contributed by atoms with Gasteiger partial charge in [0.05, 0.1) is 21.8 Å². The molecule has 11 heteroatoms. The van der Waals surface area contributed by atoms with Crippen molar-refractivity contribution in [1.82, 2.24) is 4.31 Å². The van der Waals surface area contributed by atoms with E-state index in [-0.39, 0.29) is 16.3 Å². The molecule has 0 aromatic heterocycles. The molecule has 0 saturated carbocycles. The zero-order chi connectivity index (χ0) is 19.5. The number of nitrogens with one attached hydrogen (secondary N) is 1. The van der Waals surface area contributed by atoms with E-state index in [1.807, 2.05) is 0 Å². The molecule has 0 fully saturated rings. The van der Waals surface area contributed by atoms with Gasteiger partial charge in [-0.2, -0.15) is 5.10 Å². The highest BCUT2D eigenvalue weighted by molar-refractivity contribution is 7.89.